The normalized spacial score (nSPS) is 12.1. The molecular formula is C23H25Cl2N2O5P. The van der Waals surface area contributed by atoms with Crippen LogP contribution in [-0.4, -0.2) is 20.9 Å². The second-order valence-electron chi connectivity index (χ2n) is 7.75. The molecule has 3 rings (SSSR count). The first-order chi connectivity index (χ1) is 15.6. The van der Waals surface area contributed by atoms with Gasteiger partial charge in [-0.25, -0.2) is 0 Å². The molecule has 0 saturated heterocycles. The fraction of sp³-hybridized carbons (Fsp3) is 0.304. The fourth-order valence-corrected chi connectivity index (χ4v) is 5.77. The van der Waals surface area contributed by atoms with Crippen molar-refractivity contribution in [2.75, 3.05) is 5.32 Å². The zero-order valence-electron chi connectivity index (χ0n) is 18.2. The molecule has 0 atom stereocenters. The Labute approximate surface area is 202 Å². The third kappa shape index (κ3) is 5.68. The Morgan fingerprint density at radius 2 is 1.70 bits per heavy atom. The largest absolute Gasteiger partial charge is 0.356 e. The SMILES string of the molecule is CCC(CC)(c1ccc(NC(=O)CCc2cnoc2-c2cc(Cl)cc(Cl)c2)cc1)P(=O)(O)O. The van der Waals surface area contributed by atoms with Crippen LogP contribution in [0.1, 0.15) is 44.2 Å². The smallest absolute Gasteiger partial charge is 0.335 e. The van der Waals surface area contributed by atoms with Crippen LogP contribution in [0.4, 0.5) is 5.69 Å². The maximum atomic E-state index is 12.5. The van der Waals surface area contributed by atoms with Crippen molar-refractivity contribution in [1.29, 1.82) is 0 Å². The fourth-order valence-electron chi connectivity index (χ4n) is 3.93. The topological polar surface area (TPSA) is 113 Å². The van der Waals surface area contributed by atoms with Crippen LogP contribution in [0.2, 0.25) is 10.0 Å². The summed E-state index contributed by atoms with van der Waals surface area (Å²) in [4.78, 5) is 32.3. The summed E-state index contributed by atoms with van der Waals surface area (Å²) in [5.74, 6) is 0.288. The number of amides is 1. The Balaban J connectivity index is 1.67. The molecule has 3 N–H and O–H groups in total. The maximum Gasteiger partial charge on any atom is 0.335 e. The van der Waals surface area contributed by atoms with Gasteiger partial charge in [-0.15, -0.1) is 0 Å². The molecular weight excluding hydrogens is 486 g/mol. The number of nitrogens with zero attached hydrogens (tertiary/aromatic N) is 1. The second-order valence-corrected chi connectivity index (χ2v) is 10.6. The van der Waals surface area contributed by atoms with E-state index in [-0.39, 0.29) is 12.3 Å². The number of anilines is 1. The predicted molar refractivity (Wildman–Crippen MR) is 130 cm³/mol. The summed E-state index contributed by atoms with van der Waals surface area (Å²) in [6.07, 6.45) is 2.74. The molecule has 3 aromatic rings. The number of hydrogen-bond acceptors (Lipinski definition) is 4. The van der Waals surface area contributed by atoms with Crippen molar-refractivity contribution in [3.63, 3.8) is 0 Å². The first kappa shape index (κ1) is 25.5. The zero-order chi connectivity index (χ0) is 24.2. The summed E-state index contributed by atoms with van der Waals surface area (Å²) >= 11 is 12.1. The number of nitrogens with one attached hydrogen (secondary N) is 1. The van der Waals surface area contributed by atoms with Gasteiger partial charge in [-0.05, 0) is 55.2 Å². The summed E-state index contributed by atoms with van der Waals surface area (Å²) in [7, 11) is -4.37. The van der Waals surface area contributed by atoms with E-state index in [1.165, 1.54) is 0 Å². The molecule has 1 amide bonds. The molecule has 2 aromatic carbocycles. The van der Waals surface area contributed by atoms with E-state index in [1.807, 2.05) is 0 Å². The highest BCUT2D eigenvalue weighted by atomic mass is 35.5. The first-order valence-corrected chi connectivity index (χ1v) is 12.8. The Kier molecular flexibility index (Phi) is 8.04. The molecule has 176 valence electrons. The lowest BCUT2D eigenvalue weighted by atomic mass is 9.92. The first-order valence-electron chi connectivity index (χ1n) is 10.5. The average Bonchev–Trinajstić information content (AvgIpc) is 3.22. The summed E-state index contributed by atoms with van der Waals surface area (Å²) in [5.41, 5.74) is 2.52. The minimum atomic E-state index is -4.37. The van der Waals surface area contributed by atoms with Gasteiger partial charge in [-0.3, -0.25) is 9.36 Å². The van der Waals surface area contributed by atoms with Gasteiger partial charge in [0.25, 0.3) is 0 Å². The monoisotopic (exact) mass is 510 g/mol. The molecule has 0 fully saturated rings. The molecule has 33 heavy (non-hydrogen) atoms. The number of rotatable bonds is 9. The van der Waals surface area contributed by atoms with E-state index in [0.717, 1.165) is 5.56 Å². The Morgan fingerprint density at radius 3 is 2.24 bits per heavy atom. The lowest BCUT2D eigenvalue weighted by Crippen LogP contribution is -2.24. The second kappa shape index (κ2) is 10.4. The average molecular weight is 511 g/mol. The summed E-state index contributed by atoms with van der Waals surface area (Å²) < 4.78 is 17.5. The van der Waals surface area contributed by atoms with Gasteiger partial charge in [0.15, 0.2) is 5.76 Å². The summed E-state index contributed by atoms with van der Waals surface area (Å²) in [5, 5.41) is 6.34. The molecule has 0 aliphatic carbocycles. The zero-order valence-corrected chi connectivity index (χ0v) is 20.6. The Morgan fingerprint density at radius 1 is 1.09 bits per heavy atom. The van der Waals surface area contributed by atoms with Crippen LogP contribution in [0.15, 0.2) is 53.2 Å². The highest BCUT2D eigenvalue weighted by Crippen LogP contribution is 2.60. The number of halogens is 2. The number of aromatic nitrogens is 1. The standard InChI is InChI=1S/C23H25Cl2N2O5P/c1-3-23(4-2,33(29,30)31)17-6-8-20(9-7-17)27-21(28)10-5-15-14-26-32-22(15)16-11-18(24)13-19(25)12-16/h6-9,11-14H,3-5,10H2,1-2H3,(H,27,28)(H2,29,30,31). The molecule has 0 spiro atoms. The third-order valence-corrected chi connectivity index (χ3v) is 8.27. The van der Waals surface area contributed by atoms with Crippen molar-refractivity contribution in [3.8, 4) is 11.3 Å². The number of hydrogen-bond donors (Lipinski definition) is 3. The summed E-state index contributed by atoms with van der Waals surface area (Å²) in [6, 6.07) is 11.7. The third-order valence-electron chi connectivity index (χ3n) is 5.82. The lowest BCUT2D eigenvalue weighted by Gasteiger charge is -2.33. The molecule has 1 aromatic heterocycles. The van der Waals surface area contributed by atoms with Gasteiger partial charge in [-0.1, -0.05) is 54.3 Å². The molecule has 0 aliphatic heterocycles. The van der Waals surface area contributed by atoms with Crippen LogP contribution >= 0.6 is 30.8 Å². The highest BCUT2D eigenvalue weighted by Gasteiger charge is 2.45. The summed E-state index contributed by atoms with van der Waals surface area (Å²) in [6.45, 7) is 3.52. The highest BCUT2D eigenvalue weighted by molar-refractivity contribution is 7.53. The number of carbonyl (C=O) groups excluding carboxylic acids is 1. The maximum absolute atomic E-state index is 12.5. The minimum absolute atomic E-state index is 0.181. The molecule has 10 heteroatoms. The van der Waals surface area contributed by atoms with Crippen LogP contribution in [0.5, 0.6) is 0 Å². The quantitative estimate of drug-likeness (QED) is 0.286. The van der Waals surface area contributed by atoms with Crippen LogP contribution in [0.3, 0.4) is 0 Å². The van der Waals surface area contributed by atoms with E-state index in [4.69, 9.17) is 27.7 Å². The molecule has 1 heterocycles. The Bertz CT molecular complexity index is 1150. The van der Waals surface area contributed by atoms with Crippen molar-refractivity contribution in [2.45, 2.75) is 44.7 Å². The molecule has 0 radical (unpaired) electrons. The van der Waals surface area contributed by atoms with E-state index in [9.17, 15) is 19.1 Å². The Hall–Kier alpha value is -2.15. The number of carbonyl (C=O) groups is 1. The lowest BCUT2D eigenvalue weighted by molar-refractivity contribution is -0.116. The van der Waals surface area contributed by atoms with Gasteiger partial charge in [0.2, 0.25) is 5.91 Å². The van der Waals surface area contributed by atoms with Crippen molar-refractivity contribution in [1.82, 2.24) is 5.16 Å². The van der Waals surface area contributed by atoms with Gasteiger partial charge in [-0.2, -0.15) is 0 Å². The van der Waals surface area contributed by atoms with Gasteiger partial charge in [0, 0.05) is 33.3 Å². The van der Waals surface area contributed by atoms with Crippen molar-refractivity contribution in [3.05, 3.63) is 69.8 Å². The molecule has 7 nitrogen and oxygen atoms in total. The van der Waals surface area contributed by atoms with Crippen LogP contribution in [0.25, 0.3) is 11.3 Å². The van der Waals surface area contributed by atoms with Crippen molar-refractivity contribution >= 4 is 42.4 Å². The van der Waals surface area contributed by atoms with E-state index in [1.54, 1.807) is 62.5 Å². The van der Waals surface area contributed by atoms with E-state index in [0.29, 0.717) is 51.9 Å². The molecule has 0 unspecified atom stereocenters. The predicted octanol–water partition coefficient (Wildman–Crippen LogP) is 6.41. The molecule has 0 saturated carbocycles. The van der Waals surface area contributed by atoms with Crippen LogP contribution < -0.4 is 5.32 Å². The van der Waals surface area contributed by atoms with E-state index >= 15 is 0 Å². The van der Waals surface area contributed by atoms with E-state index < -0.39 is 12.8 Å². The van der Waals surface area contributed by atoms with Gasteiger partial charge >= 0.3 is 7.60 Å². The van der Waals surface area contributed by atoms with Crippen LogP contribution in [-0.2, 0) is 20.9 Å². The van der Waals surface area contributed by atoms with E-state index in [2.05, 4.69) is 10.5 Å². The van der Waals surface area contributed by atoms with Gasteiger partial charge in [0.05, 0.1) is 11.4 Å². The van der Waals surface area contributed by atoms with Crippen molar-refractivity contribution in [2.24, 2.45) is 0 Å². The van der Waals surface area contributed by atoms with Crippen molar-refractivity contribution < 1.29 is 23.7 Å². The van der Waals surface area contributed by atoms with Gasteiger partial charge < -0.3 is 19.6 Å². The molecule has 0 bridgehead atoms. The van der Waals surface area contributed by atoms with Crippen LogP contribution in [0, 0.1) is 0 Å². The molecule has 0 aliphatic rings. The number of aryl methyl sites for hydroxylation is 1. The minimum Gasteiger partial charge on any atom is -0.356 e. The number of benzene rings is 2. The van der Waals surface area contributed by atoms with Gasteiger partial charge in [0.1, 0.15) is 0 Å².